The van der Waals surface area contributed by atoms with E-state index in [9.17, 15) is 9.18 Å². The van der Waals surface area contributed by atoms with Crippen LogP contribution in [0.25, 0.3) is 5.69 Å². The maximum atomic E-state index is 13.3. The van der Waals surface area contributed by atoms with E-state index in [1.807, 2.05) is 6.07 Å². The zero-order valence-electron chi connectivity index (χ0n) is 11.8. The van der Waals surface area contributed by atoms with Gasteiger partial charge in [-0.15, -0.1) is 5.10 Å². The van der Waals surface area contributed by atoms with Gasteiger partial charge in [0.1, 0.15) is 5.82 Å². The highest BCUT2D eigenvalue weighted by atomic mass is 19.1. The molecular formula is C16H13FN4O. The molecular weight excluding hydrogens is 283 g/mol. The molecule has 3 aromatic rings. The summed E-state index contributed by atoms with van der Waals surface area (Å²) in [6.45, 7) is 0. The van der Waals surface area contributed by atoms with E-state index in [1.54, 1.807) is 43.6 Å². The van der Waals surface area contributed by atoms with Crippen LogP contribution in [0.15, 0.2) is 60.9 Å². The number of hydrogen-bond acceptors (Lipinski definition) is 3. The maximum absolute atomic E-state index is 13.3. The molecule has 2 aromatic carbocycles. The van der Waals surface area contributed by atoms with E-state index in [2.05, 4.69) is 10.3 Å². The second-order valence-corrected chi connectivity index (χ2v) is 4.71. The number of aromatic nitrogens is 3. The van der Waals surface area contributed by atoms with Crippen LogP contribution in [0.2, 0.25) is 0 Å². The molecule has 0 unspecified atom stereocenters. The van der Waals surface area contributed by atoms with Crippen molar-refractivity contribution < 1.29 is 9.18 Å². The minimum Gasteiger partial charge on any atom is -0.311 e. The number of carbonyl (C=O) groups is 1. The summed E-state index contributed by atoms with van der Waals surface area (Å²) in [7, 11) is 1.61. The summed E-state index contributed by atoms with van der Waals surface area (Å²) in [5, 5.41) is 7.66. The highest BCUT2D eigenvalue weighted by Gasteiger charge is 2.18. The molecule has 0 saturated carbocycles. The first-order valence-corrected chi connectivity index (χ1v) is 6.66. The van der Waals surface area contributed by atoms with Gasteiger partial charge in [0.25, 0.3) is 5.91 Å². The summed E-state index contributed by atoms with van der Waals surface area (Å²) < 4.78 is 14.9. The van der Waals surface area contributed by atoms with Gasteiger partial charge in [0, 0.05) is 12.7 Å². The predicted molar refractivity (Wildman–Crippen MR) is 80.5 cm³/mol. The van der Waals surface area contributed by atoms with E-state index in [0.29, 0.717) is 16.9 Å². The molecule has 0 radical (unpaired) electrons. The number of anilines is 1. The number of halogens is 1. The second kappa shape index (κ2) is 5.77. The summed E-state index contributed by atoms with van der Waals surface area (Å²) in [4.78, 5) is 14.1. The van der Waals surface area contributed by atoms with E-state index in [1.165, 1.54) is 27.9 Å². The summed E-state index contributed by atoms with van der Waals surface area (Å²) in [6.07, 6.45) is 3.20. The second-order valence-electron chi connectivity index (χ2n) is 4.71. The maximum Gasteiger partial charge on any atom is 0.260 e. The third kappa shape index (κ3) is 2.58. The zero-order valence-corrected chi connectivity index (χ0v) is 11.8. The molecule has 0 fully saturated rings. The van der Waals surface area contributed by atoms with Gasteiger partial charge in [0.15, 0.2) is 0 Å². The number of carbonyl (C=O) groups excluding carboxylic acids is 1. The van der Waals surface area contributed by atoms with E-state index in [0.717, 1.165) is 0 Å². The molecule has 0 saturated heterocycles. The first kappa shape index (κ1) is 13.9. The lowest BCUT2D eigenvalue weighted by Crippen LogP contribution is -2.27. The first-order chi connectivity index (χ1) is 10.7. The monoisotopic (exact) mass is 296 g/mol. The first-order valence-electron chi connectivity index (χ1n) is 6.66. The molecule has 0 aliphatic rings. The van der Waals surface area contributed by atoms with Gasteiger partial charge in [0.05, 0.1) is 23.6 Å². The van der Waals surface area contributed by atoms with Crippen LogP contribution in [0.5, 0.6) is 0 Å². The minimum atomic E-state index is -0.387. The van der Waals surface area contributed by atoms with Crippen LogP contribution in [0.4, 0.5) is 10.1 Å². The molecule has 1 amide bonds. The lowest BCUT2D eigenvalue weighted by molar-refractivity contribution is 0.0993. The molecule has 110 valence electrons. The number of nitrogens with zero attached hydrogens (tertiary/aromatic N) is 4. The van der Waals surface area contributed by atoms with E-state index in [4.69, 9.17) is 0 Å². The SMILES string of the molecule is CN(C(=O)c1ccccc1-n1ccnn1)c1cccc(F)c1. The molecule has 0 N–H and O–H groups in total. The van der Waals surface area contributed by atoms with Crippen LogP contribution >= 0.6 is 0 Å². The highest BCUT2D eigenvalue weighted by Crippen LogP contribution is 2.20. The molecule has 1 heterocycles. The van der Waals surface area contributed by atoms with Crippen LogP contribution in [-0.4, -0.2) is 27.9 Å². The summed E-state index contributed by atoms with van der Waals surface area (Å²) in [6, 6.07) is 13.0. The van der Waals surface area contributed by atoms with Crippen LogP contribution in [0.1, 0.15) is 10.4 Å². The number of benzene rings is 2. The third-order valence-electron chi connectivity index (χ3n) is 3.30. The topological polar surface area (TPSA) is 51.0 Å². The standard InChI is InChI=1S/C16H13FN4O/c1-20(13-6-4-5-12(17)11-13)16(22)14-7-2-3-8-15(14)21-10-9-18-19-21/h2-11H,1H3. The Balaban J connectivity index is 1.99. The molecule has 0 spiro atoms. The average Bonchev–Trinajstić information content (AvgIpc) is 3.08. The van der Waals surface area contributed by atoms with Gasteiger partial charge in [-0.1, -0.05) is 23.4 Å². The highest BCUT2D eigenvalue weighted by molar-refractivity contribution is 6.08. The smallest absolute Gasteiger partial charge is 0.260 e. The fourth-order valence-electron chi connectivity index (χ4n) is 2.17. The normalized spacial score (nSPS) is 10.5. The minimum absolute atomic E-state index is 0.253. The predicted octanol–water partition coefficient (Wildman–Crippen LogP) is 2.68. The van der Waals surface area contributed by atoms with E-state index < -0.39 is 0 Å². The van der Waals surface area contributed by atoms with Gasteiger partial charge >= 0.3 is 0 Å². The van der Waals surface area contributed by atoms with Crippen molar-refractivity contribution in [1.29, 1.82) is 0 Å². The number of hydrogen-bond donors (Lipinski definition) is 0. The van der Waals surface area contributed by atoms with Crippen molar-refractivity contribution >= 4 is 11.6 Å². The van der Waals surface area contributed by atoms with Gasteiger partial charge in [-0.05, 0) is 30.3 Å². The van der Waals surface area contributed by atoms with Crippen LogP contribution < -0.4 is 4.90 Å². The number of amides is 1. The number of para-hydroxylation sites is 1. The molecule has 0 atom stereocenters. The van der Waals surface area contributed by atoms with Crippen LogP contribution in [0.3, 0.4) is 0 Å². The largest absolute Gasteiger partial charge is 0.311 e. The average molecular weight is 296 g/mol. The molecule has 22 heavy (non-hydrogen) atoms. The van der Waals surface area contributed by atoms with Crippen molar-refractivity contribution in [3.05, 3.63) is 72.3 Å². The Morgan fingerprint density at radius 3 is 2.73 bits per heavy atom. The Hall–Kier alpha value is -3.02. The Morgan fingerprint density at radius 2 is 2.00 bits per heavy atom. The molecule has 1 aromatic heterocycles. The van der Waals surface area contributed by atoms with Crippen molar-refractivity contribution in [3.8, 4) is 5.69 Å². The Bertz CT molecular complexity index is 801. The van der Waals surface area contributed by atoms with E-state index >= 15 is 0 Å². The van der Waals surface area contributed by atoms with Crippen molar-refractivity contribution in [3.63, 3.8) is 0 Å². The fraction of sp³-hybridized carbons (Fsp3) is 0.0625. The van der Waals surface area contributed by atoms with Crippen molar-refractivity contribution in [2.24, 2.45) is 0 Å². The molecule has 6 heteroatoms. The van der Waals surface area contributed by atoms with Crippen LogP contribution in [-0.2, 0) is 0 Å². The van der Waals surface area contributed by atoms with Gasteiger partial charge < -0.3 is 4.90 Å². The van der Waals surface area contributed by atoms with Crippen molar-refractivity contribution in [2.75, 3.05) is 11.9 Å². The van der Waals surface area contributed by atoms with Gasteiger partial charge in [0.2, 0.25) is 0 Å². The molecule has 0 bridgehead atoms. The van der Waals surface area contributed by atoms with Crippen molar-refractivity contribution in [1.82, 2.24) is 15.0 Å². The molecule has 0 aliphatic carbocycles. The fourth-order valence-corrected chi connectivity index (χ4v) is 2.17. The Labute approximate surface area is 126 Å². The summed E-state index contributed by atoms with van der Waals surface area (Å²) in [5.41, 5.74) is 1.56. The molecule has 3 rings (SSSR count). The summed E-state index contributed by atoms with van der Waals surface area (Å²) in [5.74, 6) is -0.640. The zero-order chi connectivity index (χ0) is 15.5. The molecule has 0 aliphatic heterocycles. The van der Waals surface area contributed by atoms with Gasteiger partial charge in [-0.25, -0.2) is 9.07 Å². The third-order valence-corrected chi connectivity index (χ3v) is 3.30. The molecule has 5 nitrogen and oxygen atoms in total. The number of rotatable bonds is 3. The van der Waals surface area contributed by atoms with Crippen molar-refractivity contribution in [2.45, 2.75) is 0 Å². The van der Waals surface area contributed by atoms with E-state index in [-0.39, 0.29) is 11.7 Å². The lowest BCUT2D eigenvalue weighted by atomic mass is 10.1. The van der Waals surface area contributed by atoms with Crippen LogP contribution in [0, 0.1) is 5.82 Å². The van der Waals surface area contributed by atoms with Gasteiger partial charge in [-0.2, -0.15) is 0 Å². The quantitative estimate of drug-likeness (QED) is 0.746. The Kier molecular flexibility index (Phi) is 3.65. The Morgan fingerprint density at radius 1 is 1.18 bits per heavy atom. The summed E-state index contributed by atoms with van der Waals surface area (Å²) >= 11 is 0. The van der Waals surface area contributed by atoms with Gasteiger partial charge in [-0.3, -0.25) is 4.79 Å². The lowest BCUT2D eigenvalue weighted by Gasteiger charge is -2.19.